The maximum absolute atomic E-state index is 5.56. The van der Waals surface area contributed by atoms with Crippen LogP contribution < -0.4 is 11.5 Å². The van der Waals surface area contributed by atoms with Gasteiger partial charge in [0.1, 0.15) is 0 Å². The Bertz CT molecular complexity index is 73.8. The molecule has 0 bridgehead atoms. The van der Waals surface area contributed by atoms with Crippen LogP contribution in [-0.4, -0.2) is 13.1 Å². The molecule has 12 heavy (non-hydrogen) atoms. The predicted octanol–water partition coefficient (Wildman–Crippen LogP) is 1.74. The molecule has 1 fully saturated rings. The van der Waals surface area contributed by atoms with E-state index in [1.807, 2.05) is 13.8 Å². The molecule has 2 nitrogen and oxygen atoms in total. The van der Waals surface area contributed by atoms with E-state index in [0.29, 0.717) is 0 Å². The summed E-state index contributed by atoms with van der Waals surface area (Å²) >= 11 is 0. The summed E-state index contributed by atoms with van der Waals surface area (Å²) in [7, 11) is 0. The number of rotatable bonds is 2. The van der Waals surface area contributed by atoms with Gasteiger partial charge >= 0.3 is 0 Å². The molecule has 0 aromatic carbocycles. The summed E-state index contributed by atoms with van der Waals surface area (Å²) in [6.45, 7) is 5.74. The van der Waals surface area contributed by atoms with Crippen LogP contribution >= 0.6 is 0 Å². The fraction of sp³-hybridized carbons (Fsp3) is 1.00. The molecule has 1 aliphatic rings. The molecule has 0 spiro atoms. The highest BCUT2D eigenvalue weighted by Gasteiger charge is 2.18. The SMILES string of the molecule is CC.NCC1CCC(CN)CC1. The van der Waals surface area contributed by atoms with E-state index in [1.54, 1.807) is 0 Å². The lowest BCUT2D eigenvalue weighted by Gasteiger charge is -2.26. The molecule has 0 saturated heterocycles. The minimum absolute atomic E-state index is 0.794. The molecule has 4 N–H and O–H groups in total. The summed E-state index contributed by atoms with van der Waals surface area (Å²) in [6, 6.07) is 0. The second kappa shape index (κ2) is 7.56. The monoisotopic (exact) mass is 172 g/mol. The molecule has 1 rings (SSSR count). The van der Waals surface area contributed by atoms with Crippen molar-refractivity contribution in [2.75, 3.05) is 13.1 Å². The van der Waals surface area contributed by atoms with Crippen molar-refractivity contribution in [1.82, 2.24) is 0 Å². The van der Waals surface area contributed by atoms with Crippen molar-refractivity contribution in [1.29, 1.82) is 0 Å². The Morgan fingerprint density at radius 2 is 1.08 bits per heavy atom. The molecule has 1 saturated carbocycles. The van der Waals surface area contributed by atoms with E-state index < -0.39 is 0 Å². The first-order valence-electron chi connectivity index (χ1n) is 5.27. The summed E-state index contributed by atoms with van der Waals surface area (Å²) in [4.78, 5) is 0. The van der Waals surface area contributed by atoms with Crippen molar-refractivity contribution in [2.24, 2.45) is 23.3 Å². The van der Waals surface area contributed by atoms with Gasteiger partial charge in [-0.2, -0.15) is 0 Å². The molecule has 0 atom stereocenters. The highest BCUT2D eigenvalue weighted by Crippen LogP contribution is 2.26. The highest BCUT2D eigenvalue weighted by atomic mass is 14.6. The Kier molecular flexibility index (Phi) is 7.51. The zero-order valence-electron chi connectivity index (χ0n) is 8.55. The fourth-order valence-electron chi connectivity index (χ4n) is 1.70. The van der Waals surface area contributed by atoms with E-state index in [4.69, 9.17) is 11.5 Å². The number of hydrogen-bond acceptors (Lipinski definition) is 2. The van der Waals surface area contributed by atoms with Gasteiger partial charge in [0, 0.05) is 0 Å². The number of hydrogen-bond donors (Lipinski definition) is 2. The van der Waals surface area contributed by atoms with E-state index in [2.05, 4.69) is 0 Å². The third-order valence-electron chi connectivity index (χ3n) is 2.63. The third kappa shape index (κ3) is 4.07. The predicted molar refractivity (Wildman–Crippen MR) is 54.9 cm³/mol. The first-order valence-corrected chi connectivity index (χ1v) is 5.27. The molecule has 0 aromatic heterocycles. The first kappa shape index (κ1) is 11.9. The Hall–Kier alpha value is -0.0800. The summed E-state index contributed by atoms with van der Waals surface area (Å²) in [5, 5.41) is 0. The number of nitrogens with two attached hydrogens (primary N) is 2. The van der Waals surface area contributed by atoms with Gasteiger partial charge in [0.15, 0.2) is 0 Å². The molecular weight excluding hydrogens is 148 g/mol. The summed E-state index contributed by atoms with van der Waals surface area (Å²) in [6.07, 6.45) is 5.22. The van der Waals surface area contributed by atoms with Crippen LogP contribution in [0.15, 0.2) is 0 Å². The summed E-state index contributed by atoms with van der Waals surface area (Å²) < 4.78 is 0. The van der Waals surface area contributed by atoms with Crippen LogP contribution in [0.3, 0.4) is 0 Å². The molecule has 0 aliphatic heterocycles. The average Bonchev–Trinajstić information content (AvgIpc) is 2.21. The molecule has 1 aliphatic carbocycles. The second-order valence-corrected chi connectivity index (χ2v) is 3.36. The zero-order valence-corrected chi connectivity index (χ0v) is 8.55. The lowest BCUT2D eigenvalue weighted by atomic mass is 9.82. The van der Waals surface area contributed by atoms with Crippen molar-refractivity contribution in [3.05, 3.63) is 0 Å². The smallest absolute Gasteiger partial charge is 0.00489 e. The van der Waals surface area contributed by atoms with E-state index in [9.17, 15) is 0 Å². The summed E-state index contributed by atoms with van der Waals surface area (Å²) in [5.74, 6) is 1.59. The quantitative estimate of drug-likeness (QED) is 0.666. The van der Waals surface area contributed by atoms with Crippen LogP contribution in [0, 0.1) is 11.8 Å². The van der Waals surface area contributed by atoms with Gasteiger partial charge in [-0.1, -0.05) is 13.8 Å². The van der Waals surface area contributed by atoms with Crippen LogP contribution in [0.5, 0.6) is 0 Å². The van der Waals surface area contributed by atoms with Gasteiger partial charge in [-0.15, -0.1) is 0 Å². The van der Waals surface area contributed by atoms with Crippen LogP contribution in [0.4, 0.5) is 0 Å². The third-order valence-corrected chi connectivity index (χ3v) is 2.63. The van der Waals surface area contributed by atoms with Crippen LogP contribution in [0.25, 0.3) is 0 Å². The van der Waals surface area contributed by atoms with E-state index in [-0.39, 0.29) is 0 Å². The first-order chi connectivity index (χ1) is 5.86. The van der Waals surface area contributed by atoms with Gasteiger partial charge in [0.25, 0.3) is 0 Å². The molecular formula is C10H24N2. The highest BCUT2D eigenvalue weighted by molar-refractivity contribution is 4.72. The molecule has 0 heterocycles. The van der Waals surface area contributed by atoms with Crippen LogP contribution in [0.1, 0.15) is 39.5 Å². The topological polar surface area (TPSA) is 52.0 Å². The lowest BCUT2D eigenvalue weighted by Crippen LogP contribution is -2.25. The second-order valence-electron chi connectivity index (χ2n) is 3.36. The van der Waals surface area contributed by atoms with Gasteiger partial charge in [-0.05, 0) is 50.6 Å². The molecule has 0 unspecified atom stereocenters. The van der Waals surface area contributed by atoms with Gasteiger partial charge in [-0.25, -0.2) is 0 Å². The van der Waals surface area contributed by atoms with Gasteiger partial charge in [-0.3, -0.25) is 0 Å². The minimum Gasteiger partial charge on any atom is -0.330 e. The van der Waals surface area contributed by atoms with E-state index in [0.717, 1.165) is 24.9 Å². The van der Waals surface area contributed by atoms with Crippen molar-refractivity contribution >= 4 is 0 Å². The van der Waals surface area contributed by atoms with Crippen molar-refractivity contribution in [3.63, 3.8) is 0 Å². The Morgan fingerprint density at radius 3 is 1.25 bits per heavy atom. The average molecular weight is 172 g/mol. The van der Waals surface area contributed by atoms with E-state index >= 15 is 0 Å². The largest absolute Gasteiger partial charge is 0.330 e. The van der Waals surface area contributed by atoms with Gasteiger partial charge < -0.3 is 11.5 Å². The molecule has 74 valence electrons. The Morgan fingerprint density at radius 1 is 0.833 bits per heavy atom. The molecule has 0 amide bonds. The van der Waals surface area contributed by atoms with Crippen molar-refractivity contribution in [2.45, 2.75) is 39.5 Å². The van der Waals surface area contributed by atoms with Crippen LogP contribution in [0.2, 0.25) is 0 Å². The maximum atomic E-state index is 5.56. The van der Waals surface area contributed by atoms with Gasteiger partial charge in [0.05, 0.1) is 0 Å². The van der Waals surface area contributed by atoms with Crippen molar-refractivity contribution < 1.29 is 0 Å². The van der Waals surface area contributed by atoms with Crippen LogP contribution in [-0.2, 0) is 0 Å². The zero-order chi connectivity index (χ0) is 9.40. The lowest BCUT2D eigenvalue weighted by molar-refractivity contribution is 0.285. The summed E-state index contributed by atoms with van der Waals surface area (Å²) in [5.41, 5.74) is 11.1. The maximum Gasteiger partial charge on any atom is -0.00489 e. The Labute approximate surface area is 76.7 Å². The normalized spacial score (nSPS) is 29.0. The fourth-order valence-corrected chi connectivity index (χ4v) is 1.70. The minimum atomic E-state index is 0.794. The van der Waals surface area contributed by atoms with Gasteiger partial charge in [0.2, 0.25) is 0 Å². The molecule has 0 aromatic rings. The molecule has 2 heteroatoms. The van der Waals surface area contributed by atoms with Crippen molar-refractivity contribution in [3.8, 4) is 0 Å². The van der Waals surface area contributed by atoms with E-state index in [1.165, 1.54) is 25.7 Å². The molecule has 0 radical (unpaired) electrons. The Balaban J connectivity index is 0.000000561. The standard InChI is InChI=1S/C8H18N2.C2H6/c9-5-7-1-2-8(6-10)4-3-7;1-2/h7-8H,1-6,9-10H2;1-2H3.